The third-order valence-electron chi connectivity index (χ3n) is 5.06. The van der Waals surface area contributed by atoms with E-state index in [1.807, 2.05) is 31.2 Å². The van der Waals surface area contributed by atoms with Crippen LogP contribution >= 0.6 is 0 Å². The predicted octanol–water partition coefficient (Wildman–Crippen LogP) is 2.33. The molecule has 0 aliphatic carbocycles. The van der Waals surface area contributed by atoms with Gasteiger partial charge in [0.15, 0.2) is 0 Å². The van der Waals surface area contributed by atoms with Crippen LogP contribution in [0.1, 0.15) is 26.3 Å². The van der Waals surface area contributed by atoms with Gasteiger partial charge in [0, 0.05) is 17.2 Å². The van der Waals surface area contributed by atoms with Gasteiger partial charge in [-0.2, -0.15) is 4.98 Å². The van der Waals surface area contributed by atoms with Crippen LogP contribution < -0.4 is 16.6 Å². The van der Waals surface area contributed by atoms with Gasteiger partial charge in [0.25, 0.3) is 23.3 Å². The van der Waals surface area contributed by atoms with Gasteiger partial charge in [0.05, 0.1) is 16.8 Å². The molecule has 0 saturated heterocycles. The first-order valence-corrected chi connectivity index (χ1v) is 9.35. The predicted molar refractivity (Wildman–Crippen MR) is 112 cm³/mol. The van der Waals surface area contributed by atoms with Gasteiger partial charge in [0.1, 0.15) is 5.82 Å². The fourth-order valence-electron chi connectivity index (χ4n) is 3.46. The molecule has 0 bridgehead atoms. The van der Waals surface area contributed by atoms with Crippen molar-refractivity contribution in [3.05, 3.63) is 81.6 Å². The lowest BCUT2D eigenvalue weighted by Gasteiger charge is -2.12. The average molecular weight is 413 g/mol. The number of anilines is 1. The van der Waals surface area contributed by atoms with E-state index in [9.17, 15) is 14.4 Å². The summed E-state index contributed by atoms with van der Waals surface area (Å²) in [6.07, 6.45) is 0. The zero-order valence-corrected chi connectivity index (χ0v) is 16.2. The van der Waals surface area contributed by atoms with Crippen molar-refractivity contribution in [1.29, 1.82) is 0 Å². The Labute approximate surface area is 175 Å². The number of pyridine rings is 1. The Morgan fingerprint density at radius 3 is 2.32 bits per heavy atom. The summed E-state index contributed by atoms with van der Waals surface area (Å²) >= 11 is 0. The number of nitrogens with zero attached hydrogens (tertiary/aromatic N) is 3. The summed E-state index contributed by atoms with van der Waals surface area (Å²) in [5, 5.41) is 6.16. The number of aromatic nitrogens is 3. The van der Waals surface area contributed by atoms with Crippen molar-refractivity contribution in [1.82, 2.24) is 20.0 Å². The minimum atomic E-state index is -0.632. The van der Waals surface area contributed by atoms with Crippen LogP contribution in [0.5, 0.6) is 0 Å². The maximum absolute atomic E-state index is 12.5. The number of amides is 2. The topological polar surface area (TPSA) is 133 Å². The van der Waals surface area contributed by atoms with Crippen molar-refractivity contribution in [2.75, 3.05) is 5.73 Å². The molecule has 3 heterocycles. The Balaban J connectivity index is 1.50. The zero-order chi connectivity index (χ0) is 21.7. The van der Waals surface area contributed by atoms with E-state index in [1.165, 1.54) is 4.57 Å². The summed E-state index contributed by atoms with van der Waals surface area (Å²) < 4.78 is 6.54. The van der Waals surface area contributed by atoms with Crippen LogP contribution in [-0.4, -0.2) is 26.5 Å². The fourth-order valence-corrected chi connectivity index (χ4v) is 3.46. The molecule has 2 amide bonds. The average Bonchev–Trinajstić information content (AvgIpc) is 3.34. The molecule has 0 unspecified atom stereocenters. The summed E-state index contributed by atoms with van der Waals surface area (Å²) in [7, 11) is 0. The summed E-state index contributed by atoms with van der Waals surface area (Å²) in [6, 6.07) is 15.5. The number of fused-ring (bicyclic) bond motifs is 1. The lowest BCUT2D eigenvalue weighted by molar-refractivity contribution is 0.0880. The Kier molecular flexibility index (Phi) is 4.04. The van der Waals surface area contributed by atoms with Gasteiger partial charge in [0.2, 0.25) is 5.82 Å². The molecular formula is C22H15N5O4. The number of nitrogens with one attached hydrogen (secondary N) is 1. The number of hydrogen-bond donors (Lipinski definition) is 2. The number of benzene rings is 2. The maximum atomic E-state index is 12.5. The van der Waals surface area contributed by atoms with Crippen molar-refractivity contribution >= 4 is 17.6 Å². The lowest BCUT2D eigenvalue weighted by atomic mass is 10.1. The van der Waals surface area contributed by atoms with Crippen molar-refractivity contribution in [2.45, 2.75) is 6.92 Å². The van der Waals surface area contributed by atoms with Crippen LogP contribution in [0.25, 0.3) is 28.5 Å². The molecule has 5 rings (SSSR count). The van der Waals surface area contributed by atoms with E-state index in [0.717, 1.165) is 17.2 Å². The first-order valence-electron chi connectivity index (χ1n) is 9.35. The summed E-state index contributed by atoms with van der Waals surface area (Å²) in [5.74, 6) is -0.572. The van der Waals surface area contributed by atoms with Gasteiger partial charge in [-0.25, -0.2) is 0 Å². The Morgan fingerprint density at radius 1 is 0.935 bits per heavy atom. The van der Waals surface area contributed by atoms with Crippen LogP contribution in [0.4, 0.5) is 5.82 Å². The van der Waals surface area contributed by atoms with Gasteiger partial charge in [-0.05, 0) is 31.2 Å². The second-order valence-electron chi connectivity index (χ2n) is 7.11. The molecule has 4 aromatic rings. The highest BCUT2D eigenvalue weighted by Crippen LogP contribution is 2.26. The molecule has 0 fully saturated rings. The molecule has 3 N–H and O–H groups in total. The number of nitrogen functional groups attached to an aromatic ring is 1. The Morgan fingerprint density at radius 2 is 1.61 bits per heavy atom. The summed E-state index contributed by atoms with van der Waals surface area (Å²) in [6.45, 7) is 2.00. The lowest BCUT2D eigenvalue weighted by Crippen LogP contribution is -2.24. The molecular weight excluding hydrogens is 398 g/mol. The van der Waals surface area contributed by atoms with Crippen LogP contribution in [-0.2, 0) is 0 Å². The molecule has 0 radical (unpaired) electrons. The number of nitrogens with two attached hydrogens (primary N) is 1. The van der Waals surface area contributed by atoms with E-state index in [-0.39, 0.29) is 16.9 Å². The van der Waals surface area contributed by atoms with Crippen molar-refractivity contribution < 1.29 is 14.1 Å². The third kappa shape index (κ3) is 2.99. The minimum Gasteiger partial charge on any atom is -0.384 e. The Hall–Kier alpha value is -4.53. The number of aryl methyl sites for hydroxylation is 1. The maximum Gasteiger partial charge on any atom is 0.262 e. The summed E-state index contributed by atoms with van der Waals surface area (Å²) in [5.41, 5.74) is 8.56. The molecule has 2 aromatic carbocycles. The standard InChI is InChI=1S/C22H15N5O4/c1-11-2-4-12(5-3-11)19-24-22(31-26-19)13-6-8-14(9-7-13)27-16(28)10-15-17(18(27)23)21(30)25-20(15)29/h2-10H,23H2,1H3,(H,25,29,30). The van der Waals surface area contributed by atoms with E-state index in [0.29, 0.717) is 23.0 Å². The largest absolute Gasteiger partial charge is 0.384 e. The second-order valence-corrected chi connectivity index (χ2v) is 7.11. The number of hydrogen-bond acceptors (Lipinski definition) is 7. The zero-order valence-electron chi connectivity index (χ0n) is 16.2. The van der Waals surface area contributed by atoms with E-state index >= 15 is 0 Å². The van der Waals surface area contributed by atoms with Crippen molar-refractivity contribution in [3.63, 3.8) is 0 Å². The van der Waals surface area contributed by atoms with E-state index < -0.39 is 17.4 Å². The minimum absolute atomic E-state index is 0.00619. The molecule has 152 valence electrons. The second kappa shape index (κ2) is 6.77. The van der Waals surface area contributed by atoms with Gasteiger partial charge in [-0.15, -0.1) is 0 Å². The van der Waals surface area contributed by atoms with E-state index in [2.05, 4.69) is 15.5 Å². The van der Waals surface area contributed by atoms with Crippen molar-refractivity contribution in [3.8, 4) is 28.5 Å². The number of carbonyl (C=O) groups excluding carboxylic acids is 2. The molecule has 0 spiro atoms. The number of rotatable bonds is 3. The molecule has 9 nitrogen and oxygen atoms in total. The van der Waals surface area contributed by atoms with Crippen LogP contribution in [0.15, 0.2) is 63.9 Å². The van der Waals surface area contributed by atoms with Crippen LogP contribution in [0.2, 0.25) is 0 Å². The number of carbonyl (C=O) groups is 2. The third-order valence-corrected chi connectivity index (χ3v) is 5.06. The highest BCUT2D eigenvalue weighted by atomic mass is 16.5. The van der Waals surface area contributed by atoms with Crippen molar-refractivity contribution in [2.24, 2.45) is 0 Å². The normalized spacial score (nSPS) is 12.7. The molecule has 1 aliphatic heterocycles. The monoisotopic (exact) mass is 413 g/mol. The highest BCUT2D eigenvalue weighted by Gasteiger charge is 2.31. The van der Waals surface area contributed by atoms with Crippen LogP contribution in [0, 0.1) is 6.92 Å². The van der Waals surface area contributed by atoms with Gasteiger partial charge >= 0.3 is 0 Å². The SMILES string of the molecule is Cc1ccc(-c2noc(-c3ccc(-n4c(N)c5c(cc4=O)C(=O)NC5=O)cc3)n2)cc1. The molecule has 1 aliphatic rings. The first kappa shape index (κ1) is 18.5. The molecule has 2 aromatic heterocycles. The quantitative estimate of drug-likeness (QED) is 0.492. The van der Waals surface area contributed by atoms with Gasteiger partial charge in [-0.1, -0.05) is 35.0 Å². The fraction of sp³-hybridized carbons (Fsp3) is 0.0455. The smallest absolute Gasteiger partial charge is 0.262 e. The van der Waals surface area contributed by atoms with Crippen LogP contribution in [0.3, 0.4) is 0 Å². The summed E-state index contributed by atoms with van der Waals surface area (Å²) in [4.78, 5) is 40.8. The molecule has 31 heavy (non-hydrogen) atoms. The Bertz CT molecular complexity index is 1420. The van der Waals surface area contributed by atoms with E-state index in [1.54, 1.807) is 24.3 Å². The van der Waals surface area contributed by atoms with E-state index in [4.69, 9.17) is 10.3 Å². The highest BCUT2D eigenvalue weighted by molar-refractivity contribution is 6.23. The molecule has 0 atom stereocenters. The number of imide groups is 1. The molecule has 0 saturated carbocycles. The van der Waals surface area contributed by atoms with Gasteiger partial charge in [-0.3, -0.25) is 24.3 Å². The first-order chi connectivity index (χ1) is 14.9. The molecule has 9 heteroatoms. The van der Waals surface area contributed by atoms with Gasteiger partial charge < -0.3 is 10.3 Å².